The summed E-state index contributed by atoms with van der Waals surface area (Å²) in [5.74, 6) is -0.864. The minimum Gasteiger partial charge on any atom is -0.481 e. The lowest BCUT2D eigenvalue weighted by Gasteiger charge is -2.44. The van der Waals surface area contributed by atoms with Crippen molar-refractivity contribution in [3.8, 4) is 6.07 Å². The van der Waals surface area contributed by atoms with Crippen LogP contribution in [0.1, 0.15) is 44.6 Å². The second-order valence-corrected chi connectivity index (χ2v) is 10.8. The highest BCUT2D eigenvalue weighted by atomic mass is 35.5. The Hall–Kier alpha value is -2.91. The van der Waals surface area contributed by atoms with E-state index in [1.807, 2.05) is 18.2 Å². The molecule has 1 N–H and O–H groups in total. The van der Waals surface area contributed by atoms with E-state index in [0.717, 1.165) is 51.3 Å². The van der Waals surface area contributed by atoms with Gasteiger partial charge in [-0.25, -0.2) is 0 Å². The molecule has 0 amide bonds. The average Bonchev–Trinajstić information content (AvgIpc) is 3.20. The largest absolute Gasteiger partial charge is 0.481 e. The highest BCUT2D eigenvalue weighted by Crippen LogP contribution is 2.47. The molecule has 0 saturated carbocycles. The van der Waals surface area contributed by atoms with Crippen molar-refractivity contribution >= 4 is 34.6 Å². The van der Waals surface area contributed by atoms with Gasteiger partial charge in [0.25, 0.3) is 0 Å². The number of anilines is 3. The molecule has 0 radical (unpaired) electrons. The van der Waals surface area contributed by atoms with Crippen molar-refractivity contribution in [1.29, 1.82) is 5.26 Å². The lowest BCUT2D eigenvalue weighted by atomic mass is 9.73. The summed E-state index contributed by atoms with van der Waals surface area (Å²) < 4.78 is 0. The van der Waals surface area contributed by atoms with Crippen LogP contribution in [0.3, 0.4) is 0 Å². The SMILES string of the molecule is CC1N(c2ccc(C#N)c(Cl)c2)CCC12CCN(c1ccc(N3CCC(C(=O)O)CC3)cc1)CC2. The van der Waals surface area contributed by atoms with Gasteiger partial charge >= 0.3 is 5.97 Å². The molecule has 1 unspecified atom stereocenters. The van der Waals surface area contributed by atoms with Crippen LogP contribution in [0.4, 0.5) is 17.1 Å². The molecule has 35 heavy (non-hydrogen) atoms. The van der Waals surface area contributed by atoms with E-state index in [0.29, 0.717) is 22.0 Å². The molecule has 1 atom stereocenters. The molecule has 3 aliphatic heterocycles. The van der Waals surface area contributed by atoms with Crippen molar-refractivity contribution in [3.63, 3.8) is 0 Å². The summed E-state index contributed by atoms with van der Waals surface area (Å²) in [6.07, 6.45) is 4.95. The molecule has 3 saturated heterocycles. The van der Waals surface area contributed by atoms with Gasteiger partial charge in [-0.05, 0) is 86.9 Å². The van der Waals surface area contributed by atoms with E-state index in [2.05, 4.69) is 52.0 Å². The number of carboxylic acid groups (broad SMARTS) is 1. The molecule has 0 aromatic heterocycles. The Morgan fingerprint density at radius 1 is 0.943 bits per heavy atom. The summed E-state index contributed by atoms with van der Waals surface area (Å²) in [4.78, 5) is 18.5. The Labute approximate surface area is 212 Å². The van der Waals surface area contributed by atoms with Crippen LogP contribution in [-0.2, 0) is 4.79 Å². The number of carbonyl (C=O) groups is 1. The van der Waals surface area contributed by atoms with Gasteiger partial charge < -0.3 is 19.8 Å². The first-order valence-electron chi connectivity index (χ1n) is 12.7. The standard InChI is InChI=1S/C28H33ClN4O2/c1-20-28(12-17-33(20)25-3-2-22(19-30)26(29)18-25)10-15-32(16-11-28)24-6-4-23(5-7-24)31-13-8-21(9-14-31)27(34)35/h2-7,18,20-21H,8-17H2,1H3,(H,34,35). The van der Waals surface area contributed by atoms with Crippen molar-refractivity contribution in [3.05, 3.63) is 53.1 Å². The molecule has 0 aliphatic carbocycles. The van der Waals surface area contributed by atoms with Crippen LogP contribution in [0, 0.1) is 22.7 Å². The summed E-state index contributed by atoms with van der Waals surface area (Å²) in [6.45, 7) is 7.09. The first kappa shape index (κ1) is 23.8. The van der Waals surface area contributed by atoms with E-state index in [1.165, 1.54) is 30.6 Å². The van der Waals surface area contributed by atoms with E-state index in [4.69, 9.17) is 11.6 Å². The van der Waals surface area contributed by atoms with Gasteiger partial charge in [-0.15, -0.1) is 0 Å². The zero-order valence-corrected chi connectivity index (χ0v) is 21.0. The molecule has 3 fully saturated rings. The smallest absolute Gasteiger partial charge is 0.306 e. The molecule has 2 aromatic carbocycles. The highest BCUT2D eigenvalue weighted by Gasteiger charge is 2.46. The van der Waals surface area contributed by atoms with Gasteiger partial charge in [0, 0.05) is 55.8 Å². The fourth-order valence-electron chi connectivity index (χ4n) is 6.34. The van der Waals surface area contributed by atoms with Crippen LogP contribution in [0.15, 0.2) is 42.5 Å². The third-order valence-electron chi connectivity index (χ3n) is 8.79. The van der Waals surface area contributed by atoms with Gasteiger partial charge in [0.15, 0.2) is 0 Å². The summed E-state index contributed by atoms with van der Waals surface area (Å²) in [7, 11) is 0. The zero-order valence-electron chi connectivity index (χ0n) is 20.3. The molecule has 5 rings (SSSR count). The summed E-state index contributed by atoms with van der Waals surface area (Å²) >= 11 is 6.32. The number of nitrogens with zero attached hydrogens (tertiary/aromatic N) is 4. The molecule has 3 aliphatic rings. The lowest BCUT2D eigenvalue weighted by Crippen LogP contribution is -2.46. The summed E-state index contributed by atoms with van der Waals surface area (Å²) in [5, 5.41) is 18.9. The number of aliphatic carboxylic acids is 1. The van der Waals surface area contributed by atoms with Gasteiger partial charge in [0.05, 0.1) is 16.5 Å². The first-order valence-corrected chi connectivity index (χ1v) is 13.1. The maximum absolute atomic E-state index is 11.2. The summed E-state index contributed by atoms with van der Waals surface area (Å²) in [6, 6.07) is 17.2. The number of benzene rings is 2. The average molecular weight is 493 g/mol. The molecule has 184 valence electrons. The fraction of sp³-hybridized carbons (Fsp3) is 0.500. The molecule has 1 spiro atoms. The van der Waals surface area contributed by atoms with Crippen LogP contribution in [0.25, 0.3) is 0 Å². The van der Waals surface area contributed by atoms with Crippen molar-refractivity contribution in [2.45, 2.75) is 45.1 Å². The maximum Gasteiger partial charge on any atom is 0.306 e. The Kier molecular flexibility index (Phi) is 6.55. The first-order chi connectivity index (χ1) is 16.9. The van der Waals surface area contributed by atoms with Crippen LogP contribution >= 0.6 is 11.6 Å². The second-order valence-electron chi connectivity index (χ2n) is 10.4. The third kappa shape index (κ3) is 4.54. The van der Waals surface area contributed by atoms with Gasteiger partial charge in [0.1, 0.15) is 6.07 Å². The predicted octanol–water partition coefficient (Wildman–Crippen LogP) is 5.40. The number of halogens is 1. The monoisotopic (exact) mass is 492 g/mol. The van der Waals surface area contributed by atoms with E-state index < -0.39 is 5.97 Å². The molecule has 6 nitrogen and oxygen atoms in total. The normalized spacial score (nSPS) is 22.4. The third-order valence-corrected chi connectivity index (χ3v) is 9.11. The molecule has 0 bridgehead atoms. The van der Waals surface area contributed by atoms with Gasteiger partial charge in [-0.2, -0.15) is 5.26 Å². The second kappa shape index (κ2) is 9.62. The maximum atomic E-state index is 11.2. The number of hydrogen-bond acceptors (Lipinski definition) is 5. The Balaban J connectivity index is 1.19. The number of carboxylic acids is 1. The van der Waals surface area contributed by atoms with Gasteiger partial charge in [-0.3, -0.25) is 4.79 Å². The van der Waals surface area contributed by atoms with E-state index >= 15 is 0 Å². The zero-order chi connectivity index (χ0) is 24.6. The molecule has 2 aromatic rings. The molecule has 3 heterocycles. The highest BCUT2D eigenvalue weighted by molar-refractivity contribution is 6.32. The molecular formula is C28H33ClN4O2. The topological polar surface area (TPSA) is 70.8 Å². The van der Waals surface area contributed by atoms with E-state index in [1.54, 1.807) is 0 Å². The number of rotatable bonds is 4. The van der Waals surface area contributed by atoms with Crippen molar-refractivity contribution in [2.24, 2.45) is 11.3 Å². The van der Waals surface area contributed by atoms with Crippen LogP contribution in [-0.4, -0.2) is 49.8 Å². The number of nitriles is 1. The Bertz CT molecular complexity index is 1110. The van der Waals surface area contributed by atoms with Gasteiger partial charge in [-0.1, -0.05) is 11.6 Å². The van der Waals surface area contributed by atoms with Crippen molar-refractivity contribution in [2.75, 3.05) is 47.4 Å². The van der Waals surface area contributed by atoms with Crippen LogP contribution in [0.2, 0.25) is 5.02 Å². The molecular weight excluding hydrogens is 460 g/mol. The van der Waals surface area contributed by atoms with Crippen molar-refractivity contribution in [1.82, 2.24) is 0 Å². The minimum absolute atomic E-state index is 0.200. The Morgan fingerprint density at radius 2 is 1.49 bits per heavy atom. The fourth-order valence-corrected chi connectivity index (χ4v) is 6.56. The van der Waals surface area contributed by atoms with Crippen molar-refractivity contribution < 1.29 is 9.90 Å². The quantitative estimate of drug-likeness (QED) is 0.616. The van der Waals surface area contributed by atoms with Crippen LogP contribution in [0.5, 0.6) is 0 Å². The summed E-state index contributed by atoms with van der Waals surface area (Å²) in [5.41, 5.74) is 4.41. The van der Waals surface area contributed by atoms with Gasteiger partial charge in [0.2, 0.25) is 0 Å². The number of piperidine rings is 2. The predicted molar refractivity (Wildman–Crippen MR) is 140 cm³/mol. The molecule has 7 heteroatoms. The van der Waals surface area contributed by atoms with E-state index in [-0.39, 0.29) is 5.92 Å². The number of hydrogen-bond donors (Lipinski definition) is 1. The minimum atomic E-state index is -0.664. The van der Waals surface area contributed by atoms with Crippen LogP contribution < -0.4 is 14.7 Å². The lowest BCUT2D eigenvalue weighted by molar-refractivity contribution is -0.142. The Morgan fingerprint density at radius 3 is 2.03 bits per heavy atom. The van der Waals surface area contributed by atoms with E-state index in [9.17, 15) is 15.2 Å².